The van der Waals surface area contributed by atoms with Crippen LogP contribution in [0.3, 0.4) is 0 Å². The van der Waals surface area contributed by atoms with E-state index in [2.05, 4.69) is 25.9 Å². The maximum absolute atomic E-state index is 14.6. The van der Waals surface area contributed by atoms with Crippen LogP contribution in [0.5, 0.6) is 0 Å². The number of halogens is 6. The second-order valence-electron chi connectivity index (χ2n) is 6.47. The number of hydrogen-bond acceptors (Lipinski definition) is 3. The summed E-state index contributed by atoms with van der Waals surface area (Å²) in [6.45, 7) is 6.05. The Morgan fingerprint density at radius 1 is 1.27 bits per heavy atom. The van der Waals surface area contributed by atoms with Gasteiger partial charge < -0.3 is 4.90 Å². The van der Waals surface area contributed by atoms with Gasteiger partial charge in [0.25, 0.3) is 0 Å². The maximum Gasteiger partial charge on any atom is 0.417 e. The Labute approximate surface area is 162 Å². The zero-order chi connectivity index (χ0) is 19.8. The van der Waals surface area contributed by atoms with E-state index >= 15 is 0 Å². The van der Waals surface area contributed by atoms with E-state index in [9.17, 15) is 17.6 Å². The van der Waals surface area contributed by atoms with E-state index in [0.29, 0.717) is 0 Å². The molecule has 9 heteroatoms. The largest absolute Gasteiger partial charge is 0.417 e. The fourth-order valence-corrected chi connectivity index (χ4v) is 3.75. The molecule has 0 saturated carbocycles. The maximum atomic E-state index is 14.6. The van der Waals surface area contributed by atoms with Gasteiger partial charge in [-0.15, -0.1) is 0 Å². The van der Waals surface area contributed by atoms with Crippen LogP contribution < -0.4 is 4.90 Å². The van der Waals surface area contributed by atoms with Crippen molar-refractivity contribution >= 4 is 44.3 Å². The summed E-state index contributed by atoms with van der Waals surface area (Å²) >= 11 is 8.62. The first-order valence-corrected chi connectivity index (χ1v) is 9.31. The van der Waals surface area contributed by atoms with Gasteiger partial charge in [-0.2, -0.15) is 18.2 Å². The Kier molecular flexibility index (Phi) is 6.38. The summed E-state index contributed by atoms with van der Waals surface area (Å²) in [5.74, 6) is -0.708. The lowest BCUT2D eigenvalue weighted by Gasteiger charge is -2.33. The molecule has 2 rings (SSSR count). The number of hydrogen-bond donors (Lipinski definition) is 0. The predicted octanol–water partition coefficient (Wildman–Crippen LogP) is 6.46. The number of nitrogens with zero attached hydrogens (tertiary/aromatic N) is 3. The standard InChI is InChI=1S/C17H19BrClF4N3/c1-5-6-11(8(2)3)26(4)15-9-7-10(17(21,22)23)12(18)13(20)14(9)24-16(19)25-15/h7-8,11H,5-6H2,1-4H3. The molecule has 0 aliphatic rings. The quantitative estimate of drug-likeness (QED) is 0.382. The van der Waals surface area contributed by atoms with Gasteiger partial charge in [-0.25, -0.2) is 9.37 Å². The molecule has 2 aromatic rings. The molecule has 0 saturated heterocycles. The lowest BCUT2D eigenvalue weighted by atomic mass is 9.97. The Bertz CT molecular complexity index is 811. The molecule has 144 valence electrons. The molecule has 0 fully saturated rings. The monoisotopic (exact) mass is 455 g/mol. The van der Waals surface area contributed by atoms with Gasteiger partial charge >= 0.3 is 6.18 Å². The van der Waals surface area contributed by atoms with Crippen molar-refractivity contribution in [3.05, 3.63) is 27.2 Å². The first-order chi connectivity index (χ1) is 12.0. The summed E-state index contributed by atoms with van der Waals surface area (Å²) in [6.07, 6.45) is -3.02. The molecule has 0 radical (unpaired) electrons. The molecule has 0 amide bonds. The highest BCUT2D eigenvalue weighted by Crippen LogP contribution is 2.41. The Balaban J connectivity index is 2.79. The van der Waals surface area contributed by atoms with Crippen molar-refractivity contribution in [3.8, 4) is 0 Å². The van der Waals surface area contributed by atoms with E-state index in [1.807, 2.05) is 20.8 Å². The molecular formula is C17H19BrClF4N3. The van der Waals surface area contributed by atoms with Crippen molar-refractivity contribution in [1.29, 1.82) is 0 Å². The normalized spacial score (nSPS) is 13.5. The molecule has 1 atom stereocenters. The van der Waals surface area contributed by atoms with Gasteiger partial charge in [0.05, 0.1) is 10.0 Å². The summed E-state index contributed by atoms with van der Waals surface area (Å²) in [5.41, 5.74) is -1.36. The number of anilines is 1. The van der Waals surface area contributed by atoms with Gasteiger partial charge in [0.1, 0.15) is 11.3 Å². The third-order valence-corrected chi connectivity index (χ3v) is 5.26. The van der Waals surface area contributed by atoms with Crippen molar-refractivity contribution in [3.63, 3.8) is 0 Å². The minimum Gasteiger partial charge on any atom is -0.356 e. The van der Waals surface area contributed by atoms with Crippen molar-refractivity contribution in [2.45, 2.75) is 45.8 Å². The van der Waals surface area contributed by atoms with E-state index < -0.39 is 22.0 Å². The molecule has 1 aromatic heterocycles. The van der Waals surface area contributed by atoms with E-state index in [4.69, 9.17) is 11.6 Å². The smallest absolute Gasteiger partial charge is 0.356 e. The van der Waals surface area contributed by atoms with Crippen LogP contribution in [0.15, 0.2) is 10.5 Å². The summed E-state index contributed by atoms with van der Waals surface area (Å²) in [4.78, 5) is 9.68. The van der Waals surface area contributed by atoms with Crippen LogP contribution in [-0.4, -0.2) is 23.1 Å². The minimum atomic E-state index is -4.72. The summed E-state index contributed by atoms with van der Waals surface area (Å²) in [5, 5.41) is -0.240. The molecule has 1 heterocycles. The van der Waals surface area contributed by atoms with Crippen molar-refractivity contribution in [2.24, 2.45) is 5.92 Å². The van der Waals surface area contributed by atoms with Crippen LogP contribution in [0, 0.1) is 11.7 Å². The number of alkyl halides is 3. The number of aromatic nitrogens is 2. The molecule has 0 N–H and O–H groups in total. The van der Waals surface area contributed by atoms with Crippen LogP contribution in [0.25, 0.3) is 10.9 Å². The molecule has 3 nitrogen and oxygen atoms in total. The summed E-state index contributed by atoms with van der Waals surface area (Å²) in [7, 11) is 1.73. The van der Waals surface area contributed by atoms with Crippen LogP contribution in [0.2, 0.25) is 5.28 Å². The molecule has 0 spiro atoms. The van der Waals surface area contributed by atoms with Gasteiger partial charge in [0.2, 0.25) is 5.28 Å². The second kappa shape index (κ2) is 7.84. The minimum absolute atomic E-state index is 0.00946. The van der Waals surface area contributed by atoms with Crippen molar-refractivity contribution in [2.75, 3.05) is 11.9 Å². The van der Waals surface area contributed by atoms with Crippen LogP contribution in [0.1, 0.15) is 39.2 Å². The Morgan fingerprint density at radius 2 is 1.88 bits per heavy atom. The van der Waals surface area contributed by atoms with Gasteiger partial charge in [0, 0.05) is 18.5 Å². The van der Waals surface area contributed by atoms with Gasteiger partial charge in [-0.1, -0.05) is 27.2 Å². The van der Waals surface area contributed by atoms with E-state index in [1.165, 1.54) is 0 Å². The summed E-state index contributed by atoms with van der Waals surface area (Å²) in [6, 6.07) is 0.878. The zero-order valence-electron chi connectivity index (χ0n) is 14.8. The lowest BCUT2D eigenvalue weighted by Crippen LogP contribution is -2.36. The first kappa shape index (κ1) is 21.2. The Hall–Kier alpha value is -1.15. The highest BCUT2D eigenvalue weighted by atomic mass is 79.9. The van der Waals surface area contributed by atoms with Crippen LogP contribution in [0.4, 0.5) is 23.4 Å². The van der Waals surface area contributed by atoms with Crippen molar-refractivity contribution in [1.82, 2.24) is 9.97 Å². The molecular weight excluding hydrogens is 438 g/mol. The average Bonchev–Trinajstić information content (AvgIpc) is 2.53. The molecule has 0 bridgehead atoms. The van der Waals surface area contributed by atoms with Crippen LogP contribution >= 0.6 is 27.5 Å². The highest BCUT2D eigenvalue weighted by Gasteiger charge is 2.36. The van der Waals surface area contributed by atoms with E-state index in [-0.39, 0.29) is 34.0 Å². The topological polar surface area (TPSA) is 29.0 Å². The third kappa shape index (κ3) is 4.06. The fraction of sp³-hybridized carbons (Fsp3) is 0.529. The third-order valence-electron chi connectivity index (χ3n) is 4.31. The van der Waals surface area contributed by atoms with Gasteiger partial charge in [-0.3, -0.25) is 0 Å². The van der Waals surface area contributed by atoms with E-state index in [0.717, 1.165) is 18.9 Å². The number of fused-ring (bicyclic) bond motifs is 1. The fourth-order valence-electron chi connectivity index (χ4n) is 3.06. The average molecular weight is 457 g/mol. The second-order valence-corrected chi connectivity index (χ2v) is 7.60. The SMILES string of the molecule is CCCC(C(C)C)N(C)c1nc(Cl)nc2c(F)c(Br)c(C(F)(F)F)cc12. The lowest BCUT2D eigenvalue weighted by molar-refractivity contribution is -0.138. The van der Waals surface area contributed by atoms with Gasteiger partial charge in [0.15, 0.2) is 5.82 Å². The van der Waals surface area contributed by atoms with Crippen molar-refractivity contribution < 1.29 is 17.6 Å². The van der Waals surface area contributed by atoms with E-state index in [1.54, 1.807) is 11.9 Å². The van der Waals surface area contributed by atoms with Crippen LogP contribution in [-0.2, 0) is 6.18 Å². The zero-order valence-corrected chi connectivity index (χ0v) is 17.1. The molecule has 26 heavy (non-hydrogen) atoms. The molecule has 0 aliphatic carbocycles. The predicted molar refractivity (Wildman–Crippen MR) is 99.1 cm³/mol. The number of benzene rings is 1. The molecule has 1 unspecified atom stereocenters. The summed E-state index contributed by atoms with van der Waals surface area (Å²) < 4.78 is 53.8. The van der Waals surface area contributed by atoms with Gasteiger partial charge in [-0.05, 0) is 45.9 Å². The first-order valence-electron chi connectivity index (χ1n) is 8.14. The number of rotatable bonds is 5. The molecule has 0 aliphatic heterocycles. The molecule has 1 aromatic carbocycles. The highest BCUT2D eigenvalue weighted by molar-refractivity contribution is 9.10. The Morgan fingerprint density at radius 3 is 2.38 bits per heavy atom.